The van der Waals surface area contributed by atoms with Gasteiger partial charge in [-0.3, -0.25) is 19.2 Å². The van der Waals surface area contributed by atoms with Gasteiger partial charge < -0.3 is 44.5 Å². The maximum Gasteiger partial charge on any atom is 0.264 e. The number of ether oxygens (including phenoxy) is 3. The molecule has 13 nitrogen and oxygen atoms in total. The number of nitrogens with zero attached hydrogens (tertiary/aromatic N) is 2. The van der Waals surface area contributed by atoms with Gasteiger partial charge in [-0.2, -0.15) is 0 Å². The molecule has 5 aromatic rings. The third kappa shape index (κ3) is 9.00. The van der Waals surface area contributed by atoms with Crippen LogP contribution in [0.5, 0.6) is 11.5 Å². The third-order valence-electron chi connectivity index (χ3n) is 11.8. The van der Waals surface area contributed by atoms with Crippen LogP contribution in [0.3, 0.4) is 0 Å². The molecule has 322 valence electrons. The lowest BCUT2D eigenvalue weighted by molar-refractivity contribution is -0.150. The predicted molar refractivity (Wildman–Crippen MR) is 239 cm³/mol. The van der Waals surface area contributed by atoms with Crippen molar-refractivity contribution < 1.29 is 43.3 Å². The minimum atomic E-state index is -3.16. The standard InChI is InChI=1S/C48H52N4O9Si/c1-31-44(62(4,5)58)42(28-43(54)51(25-26-53)29-32-9-7-6-8-10-32)61-48(31)40-27-37(50-46(56)35-15-22-39(60-3)23-16-35)19-24-41(40)52(47(48)57)30-33-11-17-36(18-12-33)49-45(55)34-13-20-38(59-2)21-14-34/h6-24,27,31,42,44,53,58H,25-26,28-30H2,1-5H3,(H,49,55)(H,50,56)/t31-,42+,44-,48+/m1/s1. The van der Waals surface area contributed by atoms with E-state index in [1.165, 1.54) is 0 Å². The van der Waals surface area contributed by atoms with Crippen LogP contribution in [0.4, 0.5) is 17.1 Å². The first-order chi connectivity index (χ1) is 29.7. The number of amides is 4. The highest BCUT2D eigenvalue weighted by molar-refractivity contribution is 6.71. The minimum Gasteiger partial charge on any atom is -0.497 e. The zero-order chi connectivity index (χ0) is 44.2. The lowest BCUT2D eigenvalue weighted by Gasteiger charge is -2.32. The van der Waals surface area contributed by atoms with Crippen molar-refractivity contribution in [3.8, 4) is 11.5 Å². The SMILES string of the molecule is COc1ccc(C(=O)Nc2ccc(CN3C(=O)[C@@]4(O[C@@H](CC(=O)N(CCO)Cc5ccccc5)[C@H]([Si](C)(C)O)[C@H]4C)c4cc(NC(=O)c5ccc(OC)cc5)ccc43)cc2)cc1. The van der Waals surface area contributed by atoms with E-state index >= 15 is 4.79 Å². The number of carbonyl (C=O) groups excluding carboxylic acids is 4. The quantitative estimate of drug-likeness (QED) is 0.0814. The number of carbonyl (C=O) groups is 4. The molecule has 0 saturated carbocycles. The molecule has 4 N–H and O–H groups in total. The monoisotopic (exact) mass is 856 g/mol. The zero-order valence-corrected chi connectivity index (χ0v) is 36.5. The zero-order valence-electron chi connectivity index (χ0n) is 35.5. The van der Waals surface area contributed by atoms with E-state index < -0.39 is 31.5 Å². The third-order valence-corrected chi connectivity index (χ3v) is 14.3. The first kappa shape index (κ1) is 43.8. The first-order valence-electron chi connectivity index (χ1n) is 20.5. The van der Waals surface area contributed by atoms with Gasteiger partial charge in [0.15, 0.2) is 13.9 Å². The van der Waals surface area contributed by atoms with Crippen molar-refractivity contribution >= 4 is 49.0 Å². The molecule has 1 fully saturated rings. The van der Waals surface area contributed by atoms with Crippen LogP contribution < -0.4 is 25.0 Å². The smallest absolute Gasteiger partial charge is 0.264 e. The van der Waals surface area contributed by atoms with Crippen LogP contribution in [-0.2, 0) is 33.0 Å². The van der Waals surface area contributed by atoms with Crippen molar-refractivity contribution in [3.05, 3.63) is 149 Å². The number of hydrogen-bond donors (Lipinski definition) is 4. The number of aliphatic hydroxyl groups excluding tert-OH is 1. The fraction of sp³-hybridized carbons (Fsp3) is 0.292. The highest BCUT2D eigenvalue weighted by Crippen LogP contribution is 2.60. The van der Waals surface area contributed by atoms with E-state index in [1.807, 2.05) is 49.4 Å². The van der Waals surface area contributed by atoms with Crippen LogP contribution >= 0.6 is 0 Å². The molecule has 0 bridgehead atoms. The van der Waals surface area contributed by atoms with Crippen LogP contribution in [0.2, 0.25) is 18.6 Å². The first-order valence-corrected chi connectivity index (χ1v) is 23.6. The molecule has 4 atom stereocenters. The van der Waals surface area contributed by atoms with Crippen LogP contribution in [0, 0.1) is 5.92 Å². The normalized spacial score (nSPS) is 19.2. The number of nitrogens with one attached hydrogen (secondary N) is 2. The summed E-state index contributed by atoms with van der Waals surface area (Å²) in [7, 11) is -0.0543. The van der Waals surface area contributed by atoms with Gasteiger partial charge in [0.2, 0.25) is 5.91 Å². The number of aliphatic hydroxyl groups is 1. The molecule has 5 aromatic carbocycles. The Morgan fingerprint density at radius 1 is 0.790 bits per heavy atom. The Morgan fingerprint density at radius 3 is 1.90 bits per heavy atom. The maximum atomic E-state index is 15.3. The van der Waals surface area contributed by atoms with Gasteiger partial charge in [0.05, 0.1) is 45.6 Å². The van der Waals surface area contributed by atoms with Gasteiger partial charge in [0.1, 0.15) is 11.5 Å². The topological polar surface area (TPSA) is 167 Å². The van der Waals surface area contributed by atoms with Crippen molar-refractivity contribution in [3.63, 3.8) is 0 Å². The molecule has 2 heterocycles. The summed E-state index contributed by atoms with van der Waals surface area (Å²) in [5.41, 5.74) is 2.44. The second-order valence-electron chi connectivity index (χ2n) is 16.3. The predicted octanol–water partition coefficient (Wildman–Crippen LogP) is 6.96. The molecule has 0 aliphatic carbocycles. The average molecular weight is 857 g/mol. The molecule has 0 aromatic heterocycles. The average Bonchev–Trinajstić information content (AvgIpc) is 3.69. The molecular weight excluding hydrogens is 805 g/mol. The van der Waals surface area contributed by atoms with Crippen LogP contribution in [-0.4, -0.2) is 80.2 Å². The number of anilines is 3. The number of benzene rings is 5. The summed E-state index contributed by atoms with van der Waals surface area (Å²) in [6.45, 7) is 5.75. The highest BCUT2D eigenvalue weighted by Gasteiger charge is 2.66. The van der Waals surface area contributed by atoms with E-state index in [0.717, 1.165) is 11.1 Å². The van der Waals surface area contributed by atoms with Crippen LogP contribution in [0.25, 0.3) is 0 Å². The van der Waals surface area contributed by atoms with Gasteiger partial charge in [-0.25, -0.2) is 0 Å². The van der Waals surface area contributed by atoms with Crippen LogP contribution in [0.1, 0.15) is 50.8 Å². The molecule has 0 radical (unpaired) electrons. The molecule has 14 heteroatoms. The molecule has 7 rings (SSSR count). The fourth-order valence-corrected chi connectivity index (χ4v) is 11.4. The van der Waals surface area contributed by atoms with E-state index in [1.54, 1.807) is 116 Å². The van der Waals surface area contributed by atoms with E-state index in [2.05, 4.69) is 10.6 Å². The molecule has 62 heavy (non-hydrogen) atoms. The Kier molecular flexibility index (Phi) is 12.9. The molecule has 1 saturated heterocycles. The Bertz CT molecular complexity index is 2410. The summed E-state index contributed by atoms with van der Waals surface area (Å²) >= 11 is 0. The number of methoxy groups -OCH3 is 2. The fourth-order valence-electron chi connectivity index (χ4n) is 8.80. The second-order valence-corrected chi connectivity index (χ2v) is 20.2. The Morgan fingerprint density at radius 2 is 1.35 bits per heavy atom. The molecular formula is C48H52N4O9Si. The van der Waals surface area contributed by atoms with Crippen molar-refractivity contribution in [2.45, 2.75) is 56.8 Å². The maximum absolute atomic E-state index is 15.3. The van der Waals surface area contributed by atoms with Gasteiger partial charge in [0, 0.05) is 52.6 Å². The lowest BCUT2D eigenvalue weighted by Crippen LogP contribution is -2.46. The van der Waals surface area contributed by atoms with Crippen molar-refractivity contribution in [2.24, 2.45) is 5.92 Å². The van der Waals surface area contributed by atoms with Crippen molar-refractivity contribution in [1.29, 1.82) is 0 Å². The Labute approximate surface area is 362 Å². The van der Waals surface area contributed by atoms with Gasteiger partial charge >= 0.3 is 0 Å². The summed E-state index contributed by atoms with van der Waals surface area (Å²) < 4.78 is 17.5. The molecule has 2 aliphatic heterocycles. The van der Waals surface area contributed by atoms with Gasteiger partial charge in [-0.05, 0) is 103 Å². The summed E-state index contributed by atoms with van der Waals surface area (Å²) in [5.74, 6) is -0.624. The molecule has 4 amide bonds. The van der Waals surface area contributed by atoms with Gasteiger partial charge in [-0.1, -0.05) is 49.4 Å². The summed E-state index contributed by atoms with van der Waals surface area (Å²) in [6.07, 6.45) is -0.968. The van der Waals surface area contributed by atoms with Crippen molar-refractivity contribution in [1.82, 2.24) is 4.90 Å². The van der Waals surface area contributed by atoms with Crippen LogP contribution in [0.15, 0.2) is 121 Å². The Hall–Kier alpha value is -6.32. The van der Waals surface area contributed by atoms with Crippen molar-refractivity contribution in [2.75, 3.05) is 42.9 Å². The molecule has 2 aliphatic rings. The largest absolute Gasteiger partial charge is 0.497 e. The summed E-state index contributed by atoms with van der Waals surface area (Å²) in [6, 6.07) is 35.5. The molecule has 1 spiro atoms. The van der Waals surface area contributed by atoms with E-state index in [4.69, 9.17) is 14.2 Å². The highest BCUT2D eigenvalue weighted by atomic mass is 28.4. The van der Waals surface area contributed by atoms with Gasteiger partial charge in [0.25, 0.3) is 17.7 Å². The van der Waals surface area contributed by atoms with Gasteiger partial charge in [-0.15, -0.1) is 0 Å². The molecule has 0 unspecified atom stereocenters. The number of hydrogen-bond acceptors (Lipinski definition) is 9. The van der Waals surface area contributed by atoms with E-state index in [0.29, 0.717) is 45.3 Å². The lowest BCUT2D eigenvalue weighted by atomic mass is 9.82. The van der Waals surface area contributed by atoms with E-state index in [9.17, 15) is 24.3 Å². The number of rotatable bonds is 15. The Balaban J connectivity index is 1.21. The summed E-state index contributed by atoms with van der Waals surface area (Å²) in [4.78, 5) is 71.0. The summed E-state index contributed by atoms with van der Waals surface area (Å²) in [5, 5.41) is 15.8. The minimum absolute atomic E-state index is 0.0997. The number of fused-ring (bicyclic) bond motifs is 2. The van der Waals surface area contributed by atoms with E-state index in [-0.39, 0.29) is 56.3 Å². The second kappa shape index (κ2) is 18.3.